The molecule has 218 valence electrons. The maximum absolute atomic E-state index is 12.4. The van der Waals surface area contributed by atoms with Gasteiger partial charge in [0.2, 0.25) is 5.16 Å². The number of para-hydroxylation sites is 1. The zero-order valence-electron chi connectivity index (χ0n) is 23.3. The fourth-order valence-corrected chi connectivity index (χ4v) is 5.77. The van der Waals surface area contributed by atoms with Crippen molar-refractivity contribution in [2.75, 3.05) is 5.75 Å². The summed E-state index contributed by atoms with van der Waals surface area (Å²) < 4.78 is 14.7. The second-order valence-electron chi connectivity index (χ2n) is 10.2. The number of aliphatic hydroxyl groups is 1. The molecule has 9 nitrogen and oxygen atoms in total. The van der Waals surface area contributed by atoms with Crippen molar-refractivity contribution in [3.63, 3.8) is 0 Å². The van der Waals surface area contributed by atoms with Gasteiger partial charge in [-0.05, 0) is 51.4 Å². The van der Waals surface area contributed by atoms with Crippen LogP contribution in [0.5, 0.6) is 0 Å². The van der Waals surface area contributed by atoms with Crippen LogP contribution in [0.25, 0.3) is 5.69 Å². The Balaban J connectivity index is 1.16. The zero-order chi connectivity index (χ0) is 29.4. The van der Waals surface area contributed by atoms with Gasteiger partial charge in [0.1, 0.15) is 0 Å². The first-order valence-electron chi connectivity index (χ1n) is 14.1. The van der Waals surface area contributed by atoms with E-state index >= 15 is 0 Å². The van der Waals surface area contributed by atoms with Gasteiger partial charge in [-0.2, -0.15) is 4.68 Å². The quantitative estimate of drug-likeness (QED) is 0.207. The van der Waals surface area contributed by atoms with Gasteiger partial charge in [-0.3, -0.25) is 4.79 Å². The molecule has 2 N–H and O–H groups in total. The lowest BCUT2D eigenvalue weighted by Gasteiger charge is -2.36. The topological polar surface area (TPSA) is 111 Å². The van der Waals surface area contributed by atoms with Crippen LogP contribution < -0.4 is 5.32 Å². The average molecular weight is 594 g/mol. The number of carbonyl (C=O) groups is 1. The lowest BCUT2D eigenvalue weighted by molar-refractivity contribution is -0.245. The minimum Gasteiger partial charge on any atom is -0.392 e. The maximum Gasteiger partial charge on any atom is 0.251 e. The average Bonchev–Trinajstić information content (AvgIpc) is 3.56. The molecular weight excluding hydrogens is 562 g/mol. The van der Waals surface area contributed by atoms with E-state index in [2.05, 4.69) is 20.8 Å². The molecule has 2 heterocycles. The molecule has 1 aromatic heterocycles. The summed E-state index contributed by atoms with van der Waals surface area (Å²) in [5.41, 5.74) is 5.25. The number of hydrogen-bond donors (Lipinski definition) is 2. The van der Waals surface area contributed by atoms with Gasteiger partial charge < -0.3 is 19.9 Å². The van der Waals surface area contributed by atoms with Crippen LogP contribution in [0, 0.1) is 0 Å². The molecule has 1 aliphatic heterocycles. The number of nitrogens with zero attached hydrogens (tertiary/aromatic N) is 4. The van der Waals surface area contributed by atoms with Gasteiger partial charge >= 0.3 is 0 Å². The molecule has 3 atom stereocenters. The summed E-state index contributed by atoms with van der Waals surface area (Å²) in [7, 11) is 0. The van der Waals surface area contributed by atoms with E-state index in [0.29, 0.717) is 29.4 Å². The van der Waals surface area contributed by atoms with Gasteiger partial charge in [-0.1, -0.05) is 96.7 Å². The van der Waals surface area contributed by atoms with Crippen molar-refractivity contribution in [2.24, 2.45) is 0 Å². The predicted octanol–water partition coefficient (Wildman–Crippen LogP) is 5.42. The Hall–Kier alpha value is -4.35. The van der Waals surface area contributed by atoms with Crippen LogP contribution in [0.4, 0.5) is 0 Å². The fraction of sp³-hybridized carbons (Fsp3) is 0.212. The number of hydrogen-bond acceptors (Lipinski definition) is 8. The van der Waals surface area contributed by atoms with Crippen molar-refractivity contribution < 1.29 is 19.4 Å². The Labute approximate surface area is 253 Å². The fourth-order valence-electron chi connectivity index (χ4n) is 4.86. The van der Waals surface area contributed by atoms with Crippen LogP contribution in [-0.4, -0.2) is 43.1 Å². The van der Waals surface area contributed by atoms with Crippen LogP contribution in [-0.2, 0) is 22.6 Å². The van der Waals surface area contributed by atoms with E-state index in [4.69, 9.17) is 9.47 Å². The van der Waals surface area contributed by atoms with E-state index in [1.165, 1.54) is 11.8 Å². The predicted molar refractivity (Wildman–Crippen MR) is 162 cm³/mol. The van der Waals surface area contributed by atoms with Crippen LogP contribution >= 0.6 is 11.8 Å². The third-order valence-corrected chi connectivity index (χ3v) is 8.25. The number of tetrazole rings is 1. The summed E-state index contributed by atoms with van der Waals surface area (Å²) in [4.78, 5) is 12.4. The van der Waals surface area contributed by atoms with Crippen molar-refractivity contribution in [3.05, 3.63) is 137 Å². The second kappa shape index (κ2) is 13.7. The Kier molecular flexibility index (Phi) is 9.19. The first-order chi connectivity index (χ1) is 21.2. The van der Waals surface area contributed by atoms with Gasteiger partial charge in [-0.25, -0.2) is 0 Å². The Morgan fingerprint density at radius 3 is 2.26 bits per heavy atom. The number of benzene rings is 4. The molecular formula is C33H31N5O4S. The SMILES string of the molecule is O=C(NCc1ccc(C2OC(CSc3nnnn3-c3ccccc3)CC(c3ccc(CO)cc3)O2)cc1)c1ccccc1. The molecule has 0 aliphatic carbocycles. The smallest absolute Gasteiger partial charge is 0.251 e. The van der Waals surface area contributed by atoms with Gasteiger partial charge in [0, 0.05) is 29.8 Å². The normalized spacial score (nSPS) is 18.3. The van der Waals surface area contributed by atoms with Crippen molar-refractivity contribution in [2.45, 2.75) is 43.2 Å². The Morgan fingerprint density at radius 1 is 0.860 bits per heavy atom. The molecule has 10 heteroatoms. The lowest BCUT2D eigenvalue weighted by Crippen LogP contribution is -2.31. The molecule has 1 saturated heterocycles. The number of nitrogens with one attached hydrogen (secondary N) is 1. The highest BCUT2D eigenvalue weighted by atomic mass is 32.2. The maximum atomic E-state index is 12.4. The molecule has 1 amide bonds. The van der Waals surface area contributed by atoms with Gasteiger partial charge in [0.25, 0.3) is 5.91 Å². The highest BCUT2D eigenvalue weighted by molar-refractivity contribution is 7.99. The molecule has 0 radical (unpaired) electrons. The molecule has 0 saturated carbocycles. The van der Waals surface area contributed by atoms with Crippen molar-refractivity contribution in [1.82, 2.24) is 25.5 Å². The molecule has 5 aromatic rings. The molecule has 6 rings (SSSR count). The Morgan fingerprint density at radius 2 is 1.53 bits per heavy atom. The third-order valence-electron chi connectivity index (χ3n) is 7.20. The minimum atomic E-state index is -0.583. The number of rotatable bonds is 10. The number of aliphatic hydroxyl groups excluding tert-OH is 1. The lowest BCUT2D eigenvalue weighted by atomic mass is 10.0. The highest BCUT2D eigenvalue weighted by Crippen LogP contribution is 2.39. The van der Waals surface area contributed by atoms with Crippen LogP contribution in [0.15, 0.2) is 114 Å². The number of ether oxygens (including phenoxy) is 2. The summed E-state index contributed by atoms with van der Waals surface area (Å²) >= 11 is 1.54. The molecule has 0 spiro atoms. The van der Waals surface area contributed by atoms with Gasteiger partial charge in [0.15, 0.2) is 6.29 Å². The first-order valence-corrected chi connectivity index (χ1v) is 15.0. The molecule has 0 bridgehead atoms. The molecule has 1 aliphatic rings. The summed E-state index contributed by atoms with van der Waals surface area (Å²) in [6.07, 6.45) is -0.276. The monoisotopic (exact) mass is 593 g/mol. The van der Waals surface area contributed by atoms with Crippen LogP contribution in [0.3, 0.4) is 0 Å². The van der Waals surface area contributed by atoms with Crippen molar-refractivity contribution in [1.29, 1.82) is 0 Å². The van der Waals surface area contributed by atoms with E-state index in [-0.39, 0.29) is 24.7 Å². The van der Waals surface area contributed by atoms with Crippen molar-refractivity contribution in [3.8, 4) is 5.69 Å². The minimum absolute atomic E-state index is 0.00884. The van der Waals surface area contributed by atoms with E-state index in [1.54, 1.807) is 16.8 Å². The standard InChI is InChI=1S/C33H31N5O4S/c39-21-24-13-15-25(16-14-24)30-19-29(22-43-33-35-36-37-38(33)28-9-5-2-6-10-28)41-32(42-30)27-17-11-23(12-18-27)20-34-31(40)26-7-3-1-4-8-26/h1-18,29-30,32,39H,19-22H2,(H,34,40). The molecule has 43 heavy (non-hydrogen) atoms. The second-order valence-corrected chi connectivity index (χ2v) is 11.1. The molecule has 1 fully saturated rings. The van der Waals surface area contributed by atoms with Gasteiger partial charge in [-0.15, -0.1) is 5.10 Å². The number of aromatic nitrogens is 4. The van der Waals surface area contributed by atoms with Gasteiger partial charge in [0.05, 0.1) is 24.5 Å². The molecule has 4 aromatic carbocycles. The molecule has 3 unspecified atom stereocenters. The zero-order valence-corrected chi connectivity index (χ0v) is 24.1. The first kappa shape index (κ1) is 28.8. The summed E-state index contributed by atoms with van der Waals surface area (Å²) in [6, 6.07) is 34.7. The summed E-state index contributed by atoms with van der Waals surface area (Å²) in [5, 5.41) is 25.4. The van der Waals surface area contributed by atoms with E-state index in [0.717, 1.165) is 27.9 Å². The summed E-state index contributed by atoms with van der Waals surface area (Å²) in [5.74, 6) is 0.513. The van der Waals surface area contributed by atoms with Crippen LogP contribution in [0.1, 0.15) is 51.4 Å². The number of thioether (sulfide) groups is 1. The van der Waals surface area contributed by atoms with E-state index in [9.17, 15) is 9.90 Å². The van der Waals surface area contributed by atoms with E-state index in [1.807, 2.05) is 97.1 Å². The largest absolute Gasteiger partial charge is 0.392 e. The highest BCUT2D eigenvalue weighted by Gasteiger charge is 2.32. The number of amides is 1. The Bertz CT molecular complexity index is 1620. The summed E-state index contributed by atoms with van der Waals surface area (Å²) in [6.45, 7) is 0.403. The van der Waals surface area contributed by atoms with E-state index < -0.39 is 6.29 Å². The number of carbonyl (C=O) groups excluding carboxylic acids is 1. The third kappa shape index (κ3) is 7.18. The van der Waals surface area contributed by atoms with Crippen molar-refractivity contribution >= 4 is 17.7 Å². The van der Waals surface area contributed by atoms with Crippen LogP contribution in [0.2, 0.25) is 0 Å².